The molecule has 2 nitrogen and oxygen atoms in total. The fraction of sp³-hybridized carbons (Fsp3) is 0.667. The van der Waals surface area contributed by atoms with E-state index >= 15 is 0 Å². The topological polar surface area (TPSA) is 33.1 Å². The summed E-state index contributed by atoms with van der Waals surface area (Å²) < 4.78 is 4.55. The Kier molecular flexibility index (Phi) is 5.11. The maximum absolute atomic E-state index is 6.49. The molecule has 0 bridgehead atoms. The van der Waals surface area contributed by atoms with Gasteiger partial charge >= 0.3 is 0 Å². The summed E-state index contributed by atoms with van der Waals surface area (Å²) in [5.41, 5.74) is 0. The van der Waals surface area contributed by atoms with Gasteiger partial charge in [-0.15, -0.1) is 0 Å². The second-order valence-electron chi connectivity index (χ2n) is 0.864. The van der Waals surface area contributed by atoms with Crippen LogP contribution in [0, 0.1) is 5.41 Å². The van der Waals surface area contributed by atoms with E-state index < -0.39 is 0 Å². The van der Waals surface area contributed by atoms with Crippen molar-refractivity contribution in [1.82, 2.24) is 0 Å². The zero-order valence-corrected chi connectivity index (χ0v) is 4.63. The highest BCUT2D eigenvalue weighted by Gasteiger charge is 1.71. The lowest BCUT2D eigenvalue weighted by molar-refractivity contribution is 0.387. The summed E-state index contributed by atoms with van der Waals surface area (Å²) in [5, 5.41) is 6.49. The molecular formula is C3H8NOP. The second-order valence-corrected chi connectivity index (χ2v) is 1.20. The largest absolute Gasteiger partial charge is 0.365 e. The summed E-state index contributed by atoms with van der Waals surface area (Å²) in [7, 11) is 2.13. The molecular weight excluding hydrogens is 97.0 g/mol. The van der Waals surface area contributed by atoms with Gasteiger partial charge in [0.2, 0.25) is 0 Å². The van der Waals surface area contributed by atoms with Crippen molar-refractivity contribution in [3.63, 3.8) is 0 Å². The van der Waals surface area contributed by atoms with Crippen LogP contribution >= 0.6 is 9.47 Å². The van der Waals surface area contributed by atoms with Crippen molar-refractivity contribution in [1.29, 1.82) is 5.41 Å². The van der Waals surface area contributed by atoms with E-state index in [1.165, 1.54) is 6.21 Å². The van der Waals surface area contributed by atoms with Crippen molar-refractivity contribution < 1.29 is 4.52 Å². The van der Waals surface area contributed by atoms with E-state index in [2.05, 4.69) is 14.0 Å². The monoisotopic (exact) mass is 105 g/mol. The van der Waals surface area contributed by atoms with Crippen LogP contribution in [-0.4, -0.2) is 12.8 Å². The Bertz CT molecular complexity index is 39.8. The molecule has 0 aliphatic rings. The summed E-state index contributed by atoms with van der Waals surface area (Å²) >= 11 is 0. The highest BCUT2D eigenvalue weighted by molar-refractivity contribution is 7.09. The molecule has 3 heteroatoms. The molecule has 0 heterocycles. The Morgan fingerprint density at radius 3 is 2.67 bits per heavy atom. The molecule has 0 aromatic carbocycles. The molecule has 0 aliphatic carbocycles. The number of hydrogen-bond donors (Lipinski definition) is 1. The summed E-state index contributed by atoms with van der Waals surface area (Å²) in [5.74, 6) is 0. The van der Waals surface area contributed by atoms with Crippen LogP contribution in [0.15, 0.2) is 0 Å². The van der Waals surface area contributed by atoms with E-state index in [-0.39, 0.29) is 0 Å². The first-order chi connectivity index (χ1) is 2.91. The van der Waals surface area contributed by atoms with E-state index in [0.29, 0.717) is 13.0 Å². The molecule has 36 valence electrons. The molecule has 0 saturated heterocycles. The van der Waals surface area contributed by atoms with Crippen molar-refractivity contribution in [2.75, 3.05) is 6.61 Å². The summed E-state index contributed by atoms with van der Waals surface area (Å²) in [6.45, 7) is 0.633. The van der Waals surface area contributed by atoms with Crippen LogP contribution in [0.1, 0.15) is 6.42 Å². The van der Waals surface area contributed by atoms with E-state index in [9.17, 15) is 0 Å². The first-order valence-electron chi connectivity index (χ1n) is 1.72. The predicted molar refractivity (Wildman–Crippen MR) is 29.1 cm³/mol. The highest BCUT2D eigenvalue weighted by atomic mass is 31.0. The van der Waals surface area contributed by atoms with Crippen LogP contribution in [0.3, 0.4) is 0 Å². The van der Waals surface area contributed by atoms with Gasteiger partial charge in [-0.05, 0) is 6.21 Å². The quantitative estimate of drug-likeness (QED) is 0.322. The van der Waals surface area contributed by atoms with Crippen LogP contribution < -0.4 is 0 Å². The second kappa shape index (κ2) is 5.06. The molecule has 0 fully saturated rings. The molecule has 1 atom stereocenters. The Morgan fingerprint density at radius 2 is 2.50 bits per heavy atom. The molecule has 0 rings (SSSR count). The van der Waals surface area contributed by atoms with Gasteiger partial charge in [0.1, 0.15) is 0 Å². The van der Waals surface area contributed by atoms with Crippen molar-refractivity contribution >= 4 is 15.7 Å². The zero-order valence-electron chi connectivity index (χ0n) is 3.48. The Morgan fingerprint density at radius 1 is 1.83 bits per heavy atom. The fourth-order valence-electron chi connectivity index (χ4n) is 0.127. The standard InChI is InChI=1S/C3H8NOP/c4-2-1-3-5-6/h2,4H,1,3,6H2. The van der Waals surface area contributed by atoms with E-state index in [1.807, 2.05) is 0 Å². The molecule has 0 spiro atoms. The van der Waals surface area contributed by atoms with Crippen LogP contribution in [0.25, 0.3) is 0 Å². The summed E-state index contributed by atoms with van der Waals surface area (Å²) in [6.07, 6.45) is 2.04. The molecule has 6 heavy (non-hydrogen) atoms. The molecule has 0 aliphatic heterocycles. The van der Waals surface area contributed by atoms with Crippen molar-refractivity contribution in [2.45, 2.75) is 6.42 Å². The Hall–Kier alpha value is 0.0600. The van der Waals surface area contributed by atoms with E-state index in [4.69, 9.17) is 5.41 Å². The smallest absolute Gasteiger partial charge is 0.0551 e. The van der Waals surface area contributed by atoms with Gasteiger partial charge in [-0.1, -0.05) is 0 Å². The maximum Gasteiger partial charge on any atom is 0.0551 e. The molecule has 1 unspecified atom stereocenters. The molecule has 0 saturated carbocycles. The average molecular weight is 105 g/mol. The average Bonchev–Trinajstić information content (AvgIpc) is 1.61. The number of nitrogens with one attached hydrogen (secondary N) is 1. The van der Waals surface area contributed by atoms with E-state index in [0.717, 1.165) is 0 Å². The van der Waals surface area contributed by atoms with Gasteiger partial charge in [-0.2, -0.15) is 0 Å². The van der Waals surface area contributed by atoms with Gasteiger partial charge in [0, 0.05) is 15.9 Å². The molecule has 1 N–H and O–H groups in total. The van der Waals surface area contributed by atoms with Crippen molar-refractivity contribution in [3.8, 4) is 0 Å². The van der Waals surface area contributed by atoms with Crippen LogP contribution in [0.4, 0.5) is 0 Å². The Labute approximate surface area is 39.7 Å². The first-order valence-corrected chi connectivity index (χ1v) is 2.19. The van der Waals surface area contributed by atoms with Crippen molar-refractivity contribution in [3.05, 3.63) is 0 Å². The van der Waals surface area contributed by atoms with Gasteiger partial charge in [0.15, 0.2) is 0 Å². The molecule has 0 radical (unpaired) electrons. The third-order valence-electron chi connectivity index (χ3n) is 0.380. The lowest BCUT2D eigenvalue weighted by Gasteiger charge is -1.85. The predicted octanol–water partition coefficient (Wildman–Crippen LogP) is 0.833. The summed E-state index contributed by atoms with van der Waals surface area (Å²) in [6, 6.07) is 0. The third-order valence-corrected chi connectivity index (χ3v) is 0.616. The SMILES string of the molecule is N=CCCOP. The van der Waals surface area contributed by atoms with Crippen LogP contribution in [-0.2, 0) is 4.52 Å². The fourth-order valence-corrected chi connectivity index (χ4v) is 0.263. The van der Waals surface area contributed by atoms with Gasteiger partial charge in [0.25, 0.3) is 0 Å². The summed E-state index contributed by atoms with van der Waals surface area (Å²) in [4.78, 5) is 0. The minimum Gasteiger partial charge on any atom is -0.365 e. The van der Waals surface area contributed by atoms with Crippen LogP contribution in [0.2, 0.25) is 0 Å². The Balaban J connectivity index is 2.49. The molecule has 0 aromatic heterocycles. The zero-order chi connectivity index (χ0) is 4.83. The van der Waals surface area contributed by atoms with Crippen molar-refractivity contribution in [2.24, 2.45) is 0 Å². The number of hydrogen-bond acceptors (Lipinski definition) is 2. The first kappa shape index (κ1) is 6.06. The number of rotatable bonds is 3. The lowest BCUT2D eigenvalue weighted by Crippen LogP contribution is -1.80. The third kappa shape index (κ3) is 4.06. The van der Waals surface area contributed by atoms with Crippen LogP contribution in [0.5, 0.6) is 0 Å². The highest BCUT2D eigenvalue weighted by Crippen LogP contribution is 1.83. The molecule has 0 aromatic rings. The van der Waals surface area contributed by atoms with E-state index in [1.54, 1.807) is 0 Å². The maximum atomic E-state index is 6.49. The lowest BCUT2D eigenvalue weighted by atomic mass is 10.5. The van der Waals surface area contributed by atoms with Gasteiger partial charge in [-0.3, -0.25) is 0 Å². The van der Waals surface area contributed by atoms with Gasteiger partial charge in [0.05, 0.1) is 6.61 Å². The molecule has 0 amide bonds. The minimum atomic E-state index is 0.633. The van der Waals surface area contributed by atoms with Gasteiger partial charge < -0.3 is 9.93 Å². The van der Waals surface area contributed by atoms with Gasteiger partial charge in [-0.25, -0.2) is 0 Å². The minimum absolute atomic E-state index is 0.633. The normalized spacial score (nSPS) is 8.17.